The molecule has 0 fully saturated rings. The van der Waals surface area contributed by atoms with Gasteiger partial charge in [-0.2, -0.15) is 12.6 Å². The number of carbonyl (C=O) groups excluding carboxylic acids is 4. The van der Waals surface area contributed by atoms with Crippen molar-refractivity contribution in [1.82, 2.24) is 21.3 Å². The summed E-state index contributed by atoms with van der Waals surface area (Å²) in [6.45, 7) is 6.65. The first kappa shape index (κ1) is 23.6. The summed E-state index contributed by atoms with van der Waals surface area (Å²) in [6.07, 6.45) is 0.758. The summed E-state index contributed by atoms with van der Waals surface area (Å²) in [4.78, 5) is 46.9. The molecule has 0 aromatic heterocycles. The highest BCUT2D eigenvalue weighted by Crippen LogP contribution is 2.01. The van der Waals surface area contributed by atoms with Crippen LogP contribution in [0.1, 0.15) is 26.7 Å². The molecule has 0 bridgehead atoms. The van der Waals surface area contributed by atoms with Gasteiger partial charge in [0, 0.05) is 19.2 Å². The maximum absolute atomic E-state index is 12.4. The minimum absolute atomic E-state index is 0.0615. The van der Waals surface area contributed by atoms with E-state index in [4.69, 9.17) is 11.5 Å². The molecule has 4 amide bonds. The average molecular weight is 388 g/mol. The molecule has 0 heterocycles. The minimum atomic E-state index is -0.923. The monoisotopic (exact) mass is 388 g/mol. The number of carbonyl (C=O) groups is 4. The Bertz CT molecular complexity index is 542. The molecule has 0 unspecified atom stereocenters. The molecule has 148 valence electrons. The number of rotatable bonds is 12. The lowest BCUT2D eigenvalue weighted by Crippen LogP contribution is -2.56. The molecule has 3 atom stereocenters. The molecule has 0 saturated carbocycles. The Hall–Kier alpha value is -2.43. The van der Waals surface area contributed by atoms with Crippen molar-refractivity contribution in [2.24, 2.45) is 11.5 Å². The first-order valence-electron chi connectivity index (χ1n) is 8.04. The summed E-state index contributed by atoms with van der Waals surface area (Å²) in [5.41, 5.74) is 10.5. The topological polar surface area (TPSA) is 168 Å². The van der Waals surface area contributed by atoms with Crippen molar-refractivity contribution in [3.63, 3.8) is 0 Å². The van der Waals surface area contributed by atoms with Crippen molar-refractivity contribution in [3.8, 4) is 0 Å². The lowest BCUT2D eigenvalue weighted by Gasteiger charge is -2.23. The summed E-state index contributed by atoms with van der Waals surface area (Å²) in [6, 6.07) is -2.70. The smallest absolute Gasteiger partial charge is 0.244 e. The Kier molecular flexibility index (Phi) is 10.9. The number of primary amides is 1. The van der Waals surface area contributed by atoms with Gasteiger partial charge < -0.3 is 32.7 Å². The van der Waals surface area contributed by atoms with Crippen LogP contribution in [0.4, 0.5) is 0 Å². The van der Waals surface area contributed by atoms with E-state index in [9.17, 15) is 19.2 Å². The first-order valence-corrected chi connectivity index (χ1v) is 8.68. The highest BCUT2D eigenvalue weighted by atomic mass is 32.1. The van der Waals surface area contributed by atoms with E-state index < -0.39 is 41.8 Å². The van der Waals surface area contributed by atoms with E-state index in [0.29, 0.717) is 13.0 Å². The van der Waals surface area contributed by atoms with Gasteiger partial charge in [0.05, 0.1) is 5.82 Å². The second kappa shape index (κ2) is 12.0. The molecule has 0 aliphatic heterocycles. The van der Waals surface area contributed by atoms with Crippen molar-refractivity contribution in [1.29, 1.82) is 0 Å². The number of nitrogens with one attached hydrogen (secondary N) is 4. The van der Waals surface area contributed by atoms with Crippen LogP contribution in [0.5, 0.6) is 0 Å². The SMILES string of the molecule is C=C(N)NCCC[C@H](NC(=O)[C@H](CS)NC(C)=O)C(=O)N[C@@H](C)C(N)=O. The van der Waals surface area contributed by atoms with Crippen LogP contribution in [-0.4, -0.2) is 54.1 Å². The van der Waals surface area contributed by atoms with Gasteiger partial charge in [0.15, 0.2) is 0 Å². The van der Waals surface area contributed by atoms with Crippen molar-refractivity contribution in [2.75, 3.05) is 12.3 Å². The molecule has 10 nitrogen and oxygen atoms in total. The number of nitrogens with two attached hydrogens (primary N) is 2. The van der Waals surface area contributed by atoms with Crippen LogP contribution >= 0.6 is 12.6 Å². The third kappa shape index (κ3) is 9.77. The summed E-state index contributed by atoms with van der Waals surface area (Å²) in [7, 11) is 0. The quantitative estimate of drug-likeness (QED) is 0.146. The molecule has 0 aliphatic carbocycles. The van der Waals surface area contributed by atoms with E-state index in [1.54, 1.807) is 0 Å². The molecule has 0 aliphatic rings. The van der Waals surface area contributed by atoms with E-state index >= 15 is 0 Å². The standard InChI is InChI=1S/C15H28N6O4S/c1-8(13(17)23)19-14(24)11(5-4-6-18-9(2)16)21-15(25)12(7-26)20-10(3)22/h8,11-12,18,26H,2,4-7,16H2,1,3H3,(H2,17,23)(H,19,24)(H,20,22)(H,21,25)/t8-,11-,12-/m0/s1. The molecule has 26 heavy (non-hydrogen) atoms. The zero-order valence-electron chi connectivity index (χ0n) is 15.0. The fourth-order valence-electron chi connectivity index (χ4n) is 1.92. The van der Waals surface area contributed by atoms with Gasteiger partial charge in [-0.1, -0.05) is 6.58 Å². The van der Waals surface area contributed by atoms with E-state index in [-0.39, 0.29) is 18.0 Å². The highest BCUT2D eigenvalue weighted by molar-refractivity contribution is 7.80. The van der Waals surface area contributed by atoms with Crippen LogP contribution < -0.4 is 32.7 Å². The Morgan fingerprint density at radius 2 is 1.62 bits per heavy atom. The Balaban J connectivity index is 4.96. The maximum Gasteiger partial charge on any atom is 0.244 e. The van der Waals surface area contributed by atoms with Gasteiger partial charge in [0.1, 0.15) is 18.1 Å². The number of hydrogen-bond donors (Lipinski definition) is 7. The Morgan fingerprint density at radius 3 is 2.08 bits per heavy atom. The Morgan fingerprint density at radius 1 is 1.04 bits per heavy atom. The van der Waals surface area contributed by atoms with Gasteiger partial charge in [-0.3, -0.25) is 19.2 Å². The molecule has 0 radical (unpaired) electrons. The number of amides is 4. The largest absolute Gasteiger partial charge is 0.386 e. The molecule has 0 aromatic carbocycles. The predicted octanol–water partition coefficient (Wildman–Crippen LogP) is -2.30. The van der Waals surface area contributed by atoms with Crippen molar-refractivity contribution in [3.05, 3.63) is 12.4 Å². The summed E-state index contributed by atoms with van der Waals surface area (Å²) < 4.78 is 0. The van der Waals surface area contributed by atoms with Crippen LogP contribution in [-0.2, 0) is 19.2 Å². The second-order valence-electron chi connectivity index (χ2n) is 5.72. The molecule has 0 saturated heterocycles. The van der Waals surface area contributed by atoms with Gasteiger partial charge in [-0.05, 0) is 19.8 Å². The zero-order chi connectivity index (χ0) is 20.3. The van der Waals surface area contributed by atoms with E-state index in [2.05, 4.69) is 40.5 Å². The fraction of sp³-hybridized carbons (Fsp3) is 0.600. The van der Waals surface area contributed by atoms with Crippen LogP contribution in [0.25, 0.3) is 0 Å². The summed E-state index contributed by atoms with van der Waals surface area (Å²) >= 11 is 4.02. The van der Waals surface area contributed by atoms with Crippen molar-refractivity contribution in [2.45, 2.75) is 44.8 Å². The molecule has 0 rings (SSSR count). The van der Waals surface area contributed by atoms with Gasteiger partial charge in [-0.15, -0.1) is 0 Å². The highest BCUT2D eigenvalue weighted by Gasteiger charge is 2.26. The van der Waals surface area contributed by atoms with Crippen LogP contribution in [0.2, 0.25) is 0 Å². The lowest BCUT2D eigenvalue weighted by molar-refractivity contribution is -0.132. The van der Waals surface area contributed by atoms with Gasteiger partial charge in [0.25, 0.3) is 0 Å². The predicted molar refractivity (Wildman–Crippen MR) is 101 cm³/mol. The summed E-state index contributed by atoms with van der Waals surface area (Å²) in [5, 5.41) is 10.2. The molecule has 0 aromatic rings. The van der Waals surface area contributed by atoms with Gasteiger partial charge >= 0.3 is 0 Å². The number of hydrogen-bond acceptors (Lipinski definition) is 7. The number of thiol groups is 1. The van der Waals surface area contributed by atoms with Crippen LogP contribution in [0.15, 0.2) is 12.4 Å². The van der Waals surface area contributed by atoms with E-state index in [1.165, 1.54) is 13.8 Å². The minimum Gasteiger partial charge on any atom is -0.386 e. The van der Waals surface area contributed by atoms with E-state index in [1.807, 2.05) is 0 Å². The van der Waals surface area contributed by atoms with Crippen molar-refractivity contribution < 1.29 is 19.2 Å². The lowest BCUT2D eigenvalue weighted by atomic mass is 10.1. The van der Waals surface area contributed by atoms with E-state index in [0.717, 1.165) is 0 Å². The molecule has 8 N–H and O–H groups in total. The maximum atomic E-state index is 12.4. The third-order valence-electron chi connectivity index (χ3n) is 3.32. The molecular weight excluding hydrogens is 360 g/mol. The second-order valence-corrected chi connectivity index (χ2v) is 6.09. The molecule has 0 spiro atoms. The van der Waals surface area contributed by atoms with Gasteiger partial charge in [-0.25, -0.2) is 0 Å². The summed E-state index contributed by atoms with van der Waals surface area (Å²) in [5.74, 6) is -1.86. The zero-order valence-corrected chi connectivity index (χ0v) is 15.9. The first-order chi connectivity index (χ1) is 12.1. The van der Waals surface area contributed by atoms with Crippen LogP contribution in [0, 0.1) is 0 Å². The third-order valence-corrected chi connectivity index (χ3v) is 3.68. The molecular formula is C15H28N6O4S. The van der Waals surface area contributed by atoms with Crippen molar-refractivity contribution >= 4 is 36.3 Å². The normalized spacial score (nSPS) is 13.7. The molecule has 11 heteroatoms. The Labute approximate surface area is 158 Å². The van der Waals surface area contributed by atoms with Gasteiger partial charge in [0.2, 0.25) is 23.6 Å². The fourth-order valence-corrected chi connectivity index (χ4v) is 2.18. The van der Waals surface area contributed by atoms with Crippen LogP contribution in [0.3, 0.4) is 0 Å². The average Bonchev–Trinajstić information content (AvgIpc) is 2.54.